The smallest absolute Gasteiger partial charge is 0.150 e. The van der Waals surface area contributed by atoms with Gasteiger partial charge in [-0.25, -0.2) is 4.39 Å². The lowest BCUT2D eigenvalue weighted by atomic mass is 9.85. The van der Waals surface area contributed by atoms with Gasteiger partial charge in [0.15, 0.2) is 0 Å². The predicted octanol–water partition coefficient (Wildman–Crippen LogP) is 6.17. The molecule has 2 nitrogen and oxygen atoms in total. The highest BCUT2D eigenvalue weighted by Gasteiger charge is 2.15. The number of aldehydes is 1. The monoisotopic (exact) mass is 336 g/mol. The van der Waals surface area contributed by atoms with Crippen LogP contribution >= 0.6 is 0 Å². The van der Waals surface area contributed by atoms with E-state index >= 15 is 0 Å². The highest BCUT2D eigenvalue weighted by molar-refractivity contribution is 5.84. The topological polar surface area (TPSA) is 30.2 Å². The molecule has 0 spiro atoms. The summed E-state index contributed by atoms with van der Waals surface area (Å²) in [5, 5.41) is 1.00. The van der Waals surface area contributed by atoms with E-state index in [1.807, 2.05) is 12.1 Å². The minimum absolute atomic E-state index is 0.326. The summed E-state index contributed by atoms with van der Waals surface area (Å²) in [7, 11) is 0. The maximum atomic E-state index is 14.2. The molecule has 1 aliphatic rings. The normalized spacial score (nSPS) is 15.6. The highest BCUT2D eigenvalue weighted by atomic mass is 19.1. The lowest BCUT2D eigenvalue weighted by Gasteiger charge is -2.21. The Morgan fingerprint density at radius 2 is 1.88 bits per heavy atom. The van der Waals surface area contributed by atoms with Crippen LogP contribution in [0.2, 0.25) is 0 Å². The Bertz CT molecular complexity index is 904. The van der Waals surface area contributed by atoms with Crippen molar-refractivity contribution in [3.63, 3.8) is 0 Å². The first-order valence-corrected chi connectivity index (χ1v) is 9.00. The number of benzene rings is 2. The van der Waals surface area contributed by atoms with Gasteiger partial charge in [0.05, 0.1) is 5.56 Å². The number of halogens is 1. The second-order valence-electron chi connectivity index (χ2n) is 7.05. The number of rotatable bonds is 4. The molecule has 0 atom stereocenters. The molecule has 0 N–H and O–H groups in total. The highest BCUT2D eigenvalue weighted by Crippen LogP contribution is 2.32. The second kappa shape index (κ2) is 6.83. The molecule has 0 unspecified atom stereocenters. The Morgan fingerprint density at radius 1 is 1.04 bits per heavy atom. The molecule has 1 aliphatic carbocycles. The summed E-state index contributed by atoms with van der Waals surface area (Å²) in [4.78, 5) is 10.8. The lowest BCUT2D eigenvalue weighted by Crippen LogP contribution is -2.08. The SMILES string of the molecule is O=Cc1ccc(-c2cc3cc(CC4CCCCC4)ccc3o2)c(F)c1. The fraction of sp³-hybridized carbons (Fsp3) is 0.318. The van der Waals surface area contributed by atoms with Crippen LogP contribution in [-0.2, 0) is 6.42 Å². The molecule has 1 saturated carbocycles. The van der Waals surface area contributed by atoms with Crippen LogP contribution in [0.3, 0.4) is 0 Å². The van der Waals surface area contributed by atoms with E-state index in [1.54, 1.807) is 12.1 Å². The van der Waals surface area contributed by atoms with Crippen molar-refractivity contribution in [3.8, 4) is 11.3 Å². The molecule has 0 bridgehead atoms. The molecular weight excluding hydrogens is 315 g/mol. The second-order valence-corrected chi connectivity index (χ2v) is 7.05. The molecule has 1 heterocycles. The predicted molar refractivity (Wildman–Crippen MR) is 97.3 cm³/mol. The summed E-state index contributed by atoms with van der Waals surface area (Å²) in [6.07, 6.45) is 8.46. The van der Waals surface area contributed by atoms with E-state index < -0.39 is 5.82 Å². The van der Waals surface area contributed by atoms with Gasteiger partial charge in [-0.3, -0.25) is 4.79 Å². The molecule has 1 aromatic heterocycles. The van der Waals surface area contributed by atoms with Crippen LogP contribution in [0.25, 0.3) is 22.3 Å². The van der Waals surface area contributed by atoms with Crippen molar-refractivity contribution in [2.45, 2.75) is 38.5 Å². The van der Waals surface area contributed by atoms with E-state index in [4.69, 9.17) is 4.42 Å². The molecule has 128 valence electrons. The molecule has 0 aliphatic heterocycles. The van der Waals surface area contributed by atoms with Gasteiger partial charge in [-0.1, -0.05) is 44.2 Å². The Morgan fingerprint density at radius 3 is 2.64 bits per heavy atom. The fourth-order valence-corrected chi connectivity index (χ4v) is 3.88. The van der Waals surface area contributed by atoms with Gasteiger partial charge in [-0.15, -0.1) is 0 Å². The van der Waals surface area contributed by atoms with Crippen LogP contribution in [0, 0.1) is 11.7 Å². The van der Waals surface area contributed by atoms with Gasteiger partial charge in [-0.05, 0) is 48.2 Å². The Hall–Kier alpha value is -2.42. The van der Waals surface area contributed by atoms with Crippen molar-refractivity contribution < 1.29 is 13.6 Å². The average Bonchev–Trinajstić information content (AvgIpc) is 3.05. The van der Waals surface area contributed by atoms with Crippen molar-refractivity contribution in [3.05, 3.63) is 59.4 Å². The zero-order chi connectivity index (χ0) is 17.2. The largest absolute Gasteiger partial charge is 0.456 e. The Labute approximate surface area is 146 Å². The summed E-state index contributed by atoms with van der Waals surface area (Å²) in [5.74, 6) is 0.844. The molecule has 2 aromatic carbocycles. The van der Waals surface area contributed by atoms with E-state index in [-0.39, 0.29) is 0 Å². The summed E-state index contributed by atoms with van der Waals surface area (Å²) in [6, 6.07) is 12.6. The molecule has 3 aromatic rings. The van der Waals surface area contributed by atoms with E-state index in [1.165, 1.54) is 43.7 Å². The van der Waals surface area contributed by atoms with Gasteiger partial charge < -0.3 is 4.42 Å². The van der Waals surface area contributed by atoms with Crippen LogP contribution in [0.5, 0.6) is 0 Å². The number of carbonyl (C=O) groups is 1. The van der Waals surface area contributed by atoms with Crippen LogP contribution in [0.15, 0.2) is 46.9 Å². The van der Waals surface area contributed by atoms with E-state index in [9.17, 15) is 9.18 Å². The third-order valence-corrected chi connectivity index (χ3v) is 5.22. The van der Waals surface area contributed by atoms with Gasteiger partial charge in [0.2, 0.25) is 0 Å². The Balaban J connectivity index is 1.62. The maximum absolute atomic E-state index is 14.2. The lowest BCUT2D eigenvalue weighted by molar-refractivity contribution is 0.112. The molecule has 0 radical (unpaired) electrons. The summed E-state index contributed by atoms with van der Waals surface area (Å²) >= 11 is 0. The number of fused-ring (bicyclic) bond motifs is 1. The average molecular weight is 336 g/mol. The van der Waals surface area contributed by atoms with Crippen molar-refractivity contribution in [2.24, 2.45) is 5.92 Å². The van der Waals surface area contributed by atoms with Crippen LogP contribution < -0.4 is 0 Å². The summed E-state index contributed by atoms with van der Waals surface area (Å²) in [6.45, 7) is 0. The van der Waals surface area contributed by atoms with Gasteiger partial charge in [-0.2, -0.15) is 0 Å². The van der Waals surface area contributed by atoms with Crippen LogP contribution in [0.4, 0.5) is 4.39 Å². The molecule has 25 heavy (non-hydrogen) atoms. The van der Waals surface area contributed by atoms with E-state index in [2.05, 4.69) is 12.1 Å². The zero-order valence-electron chi connectivity index (χ0n) is 14.1. The minimum Gasteiger partial charge on any atom is -0.456 e. The van der Waals surface area contributed by atoms with Gasteiger partial charge in [0.25, 0.3) is 0 Å². The molecular formula is C22H21FO2. The quantitative estimate of drug-likeness (QED) is 0.533. The number of carbonyl (C=O) groups excluding carboxylic acids is 1. The zero-order valence-corrected chi connectivity index (χ0v) is 14.1. The molecule has 4 rings (SSSR count). The van der Waals surface area contributed by atoms with Gasteiger partial charge in [0, 0.05) is 10.9 Å². The number of furan rings is 1. The molecule has 0 saturated heterocycles. The molecule has 0 amide bonds. The van der Waals surface area contributed by atoms with E-state index in [0.717, 1.165) is 23.3 Å². The van der Waals surface area contributed by atoms with Crippen molar-refractivity contribution >= 4 is 17.3 Å². The summed E-state index contributed by atoms with van der Waals surface area (Å²) < 4.78 is 20.0. The van der Waals surface area contributed by atoms with Gasteiger partial charge in [0.1, 0.15) is 23.4 Å². The van der Waals surface area contributed by atoms with Crippen molar-refractivity contribution in [1.29, 1.82) is 0 Å². The third kappa shape index (κ3) is 3.37. The third-order valence-electron chi connectivity index (χ3n) is 5.22. The number of hydrogen-bond acceptors (Lipinski definition) is 2. The van der Waals surface area contributed by atoms with Gasteiger partial charge >= 0.3 is 0 Å². The standard InChI is InChI=1S/C22H21FO2/c23-20-12-17(14-24)6-8-19(20)22-13-18-11-16(7-9-21(18)25-22)10-15-4-2-1-3-5-15/h6-9,11-15H,1-5,10H2. The minimum atomic E-state index is -0.439. The first-order valence-electron chi connectivity index (χ1n) is 9.00. The molecule has 3 heteroatoms. The maximum Gasteiger partial charge on any atom is 0.150 e. The van der Waals surface area contributed by atoms with Crippen molar-refractivity contribution in [2.75, 3.05) is 0 Å². The van der Waals surface area contributed by atoms with Crippen molar-refractivity contribution in [1.82, 2.24) is 0 Å². The van der Waals surface area contributed by atoms with E-state index in [0.29, 0.717) is 23.2 Å². The first-order chi connectivity index (χ1) is 12.2. The number of hydrogen-bond donors (Lipinski definition) is 0. The molecule has 1 fully saturated rings. The first kappa shape index (κ1) is 16.1. The summed E-state index contributed by atoms with van der Waals surface area (Å²) in [5.41, 5.74) is 2.80. The Kier molecular flexibility index (Phi) is 4.39. The van der Waals surface area contributed by atoms with Crippen LogP contribution in [0.1, 0.15) is 48.0 Å². The van der Waals surface area contributed by atoms with Crippen LogP contribution in [-0.4, -0.2) is 6.29 Å². The fourth-order valence-electron chi connectivity index (χ4n) is 3.88.